The second-order valence-corrected chi connectivity index (χ2v) is 5.20. The molecule has 1 aliphatic rings. The van der Waals surface area contributed by atoms with Gasteiger partial charge in [0.15, 0.2) is 0 Å². The third-order valence-corrected chi connectivity index (χ3v) is 2.21. The Morgan fingerprint density at radius 3 is 2.27 bits per heavy atom. The molecule has 1 rings (SSSR count). The monoisotopic (exact) mass is 155 g/mol. The molecular weight excluding hydrogens is 134 g/mol. The van der Waals surface area contributed by atoms with Crippen LogP contribution in [0, 0.1) is 11.3 Å². The summed E-state index contributed by atoms with van der Waals surface area (Å²) in [7, 11) is 0. The first kappa shape index (κ1) is 9.05. The minimum atomic E-state index is 0.411. The van der Waals surface area contributed by atoms with E-state index in [2.05, 4.69) is 20.8 Å². The molecule has 0 bridgehead atoms. The van der Waals surface area contributed by atoms with Crippen LogP contribution in [0.1, 0.15) is 46.5 Å². The quantitative estimate of drug-likeness (QED) is 0.666. The van der Waals surface area contributed by atoms with Crippen LogP contribution in [0.25, 0.3) is 0 Å². The summed E-state index contributed by atoms with van der Waals surface area (Å²) in [5, 5.41) is 0. The topological polar surface area (TPSA) is 26.0 Å². The van der Waals surface area contributed by atoms with Crippen molar-refractivity contribution in [3.8, 4) is 0 Å². The van der Waals surface area contributed by atoms with E-state index in [0.29, 0.717) is 11.5 Å². The molecule has 66 valence electrons. The molecule has 0 heterocycles. The van der Waals surface area contributed by atoms with Crippen molar-refractivity contribution in [1.82, 2.24) is 0 Å². The van der Waals surface area contributed by atoms with Crippen LogP contribution in [-0.2, 0) is 0 Å². The maximum atomic E-state index is 6.00. The average Bonchev–Trinajstić information content (AvgIpc) is 2.42. The van der Waals surface area contributed by atoms with E-state index in [-0.39, 0.29) is 0 Å². The molecule has 0 saturated heterocycles. The molecule has 1 fully saturated rings. The molecule has 0 aliphatic heterocycles. The number of hydrogen-bond acceptors (Lipinski definition) is 1. The van der Waals surface area contributed by atoms with E-state index in [1.807, 2.05) is 0 Å². The smallest absolute Gasteiger partial charge is 0.00464 e. The molecule has 1 aliphatic carbocycles. The Morgan fingerprint density at radius 1 is 1.36 bits per heavy atom. The van der Waals surface area contributed by atoms with E-state index in [0.717, 1.165) is 5.92 Å². The van der Waals surface area contributed by atoms with Gasteiger partial charge >= 0.3 is 0 Å². The molecule has 0 spiro atoms. The van der Waals surface area contributed by atoms with Gasteiger partial charge in [0.25, 0.3) is 0 Å². The van der Waals surface area contributed by atoms with Gasteiger partial charge in [-0.05, 0) is 24.2 Å². The standard InChI is InChI=1S/C10H21N/c1-10(2,3)7-9(11)6-8-4-5-8/h8-9H,4-7,11H2,1-3H3/t9-/m0/s1. The lowest BCUT2D eigenvalue weighted by Crippen LogP contribution is -2.26. The van der Waals surface area contributed by atoms with E-state index >= 15 is 0 Å². The first-order valence-electron chi connectivity index (χ1n) is 4.73. The van der Waals surface area contributed by atoms with Gasteiger partial charge in [-0.25, -0.2) is 0 Å². The predicted octanol–water partition coefficient (Wildman–Crippen LogP) is 2.55. The van der Waals surface area contributed by atoms with Gasteiger partial charge in [-0.3, -0.25) is 0 Å². The third-order valence-electron chi connectivity index (χ3n) is 2.21. The highest BCUT2D eigenvalue weighted by atomic mass is 14.6. The molecule has 1 nitrogen and oxygen atoms in total. The van der Waals surface area contributed by atoms with Crippen LogP contribution in [0.5, 0.6) is 0 Å². The fraction of sp³-hybridized carbons (Fsp3) is 1.00. The lowest BCUT2D eigenvalue weighted by Gasteiger charge is -2.22. The van der Waals surface area contributed by atoms with Crippen molar-refractivity contribution in [3.63, 3.8) is 0 Å². The highest BCUT2D eigenvalue weighted by Gasteiger charge is 2.25. The lowest BCUT2D eigenvalue weighted by atomic mass is 9.87. The van der Waals surface area contributed by atoms with Gasteiger partial charge in [-0.2, -0.15) is 0 Å². The molecular formula is C10H21N. The Morgan fingerprint density at radius 2 is 1.91 bits per heavy atom. The van der Waals surface area contributed by atoms with Crippen molar-refractivity contribution in [1.29, 1.82) is 0 Å². The van der Waals surface area contributed by atoms with Crippen LogP contribution in [0.4, 0.5) is 0 Å². The average molecular weight is 155 g/mol. The molecule has 1 saturated carbocycles. The fourth-order valence-corrected chi connectivity index (χ4v) is 1.65. The predicted molar refractivity (Wildman–Crippen MR) is 49.4 cm³/mol. The van der Waals surface area contributed by atoms with Crippen LogP contribution >= 0.6 is 0 Å². The summed E-state index contributed by atoms with van der Waals surface area (Å²) in [6, 6.07) is 0.447. The Bertz CT molecular complexity index is 119. The SMILES string of the molecule is CC(C)(C)C[C@@H](N)CC1CC1. The minimum Gasteiger partial charge on any atom is -0.328 e. The zero-order chi connectivity index (χ0) is 8.48. The largest absolute Gasteiger partial charge is 0.328 e. The molecule has 0 radical (unpaired) electrons. The van der Waals surface area contributed by atoms with Crippen molar-refractivity contribution in [2.24, 2.45) is 17.1 Å². The van der Waals surface area contributed by atoms with Gasteiger partial charge in [0.2, 0.25) is 0 Å². The Labute approximate surface area is 70.4 Å². The highest BCUT2D eigenvalue weighted by molar-refractivity contribution is 4.80. The molecule has 0 aromatic rings. The van der Waals surface area contributed by atoms with Crippen LogP contribution in [0.3, 0.4) is 0 Å². The highest BCUT2D eigenvalue weighted by Crippen LogP contribution is 2.35. The van der Waals surface area contributed by atoms with E-state index < -0.39 is 0 Å². The first-order chi connectivity index (χ1) is 4.97. The second kappa shape index (κ2) is 3.14. The number of nitrogens with two attached hydrogens (primary N) is 1. The lowest BCUT2D eigenvalue weighted by molar-refractivity contribution is 0.325. The Balaban J connectivity index is 2.13. The van der Waals surface area contributed by atoms with Crippen LogP contribution in [-0.4, -0.2) is 6.04 Å². The van der Waals surface area contributed by atoms with Crippen molar-refractivity contribution >= 4 is 0 Å². The molecule has 0 unspecified atom stereocenters. The zero-order valence-corrected chi connectivity index (χ0v) is 8.06. The summed E-state index contributed by atoms with van der Waals surface area (Å²) in [6.07, 6.45) is 5.29. The zero-order valence-electron chi connectivity index (χ0n) is 8.06. The maximum Gasteiger partial charge on any atom is 0.00464 e. The van der Waals surface area contributed by atoms with Crippen LogP contribution in [0.15, 0.2) is 0 Å². The summed E-state index contributed by atoms with van der Waals surface area (Å²) in [4.78, 5) is 0. The molecule has 1 atom stereocenters. The molecule has 0 aromatic carbocycles. The van der Waals surface area contributed by atoms with Crippen molar-refractivity contribution in [2.75, 3.05) is 0 Å². The van der Waals surface area contributed by atoms with Gasteiger partial charge in [-0.15, -0.1) is 0 Å². The Kier molecular flexibility index (Phi) is 2.58. The molecule has 11 heavy (non-hydrogen) atoms. The van der Waals surface area contributed by atoms with Gasteiger partial charge in [0.05, 0.1) is 0 Å². The summed E-state index contributed by atoms with van der Waals surface area (Å²) in [5.74, 6) is 0.979. The van der Waals surface area contributed by atoms with E-state index in [1.165, 1.54) is 25.7 Å². The summed E-state index contributed by atoms with van der Waals surface area (Å²) in [5.41, 5.74) is 6.41. The van der Waals surface area contributed by atoms with Gasteiger partial charge in [-0.1, -0.05) is 33.6 Å². The first-order valence-corrected chi connectivity index (χ1v) is 4.73. The number of rotatable bonds is 3. The Hall–Kier alpha value is -0.0400. The third kappa shape index (κ3) is 4.41. The second-order valence-electron chi connectivity index (χ2n) is 5.20. The van der Waals surface area contributed by atoms with Crippen molar-refractivity contribution in [3.05, 3.63) is 0 Å². The minimum absolute atomic E-state index is 0.411. The van der Waals surface area contributed by atoms with Crippen molar-refractivity contribution in [2.45, 2.75) is 52.5 Å². The van der Waals surface area contributed by atoms with E-state index in [9.17, 15) is 0 Å². The summed E-state index contributed by atoms with van der Waals surface area (Å²) < 4.78 is 0. The van der Waals surface area contributed by atoms with Gasteiger partial charge < -0.3 is 5.73 Å². The van der Waals surface area contributed by atoms with Gasteiger partial charge in [0, 0.05) is 6.04 Å². The van der Waals surface area contributed by atoms with E-state index in [1.54, 1.807) is 0 Å². The fourth-order valence-electron chi connectivity index (χ4n) is 1.65. The maximum absolute atomic E-state index is 6.00. The summed E-state index contributed by atoms with van der Waals surface area (Å²) >= 11 is 0. The van der Waals surface area contributed by atoms with Gasteiger partial charge in [0.1, 0.15) is 0 Å². The van der Waals surface area contributed by atoms with E-state index in [4.69, 9.17) is 5.73 Å². The molecule has 2 N–H and O–H groups in total. The van der Waals surface area contributed by atoms with Crippen LogP contribution < -0.4 is 5.73 Å². The van der Waals surface area contributed by atoms with Crippen LogP contribution in [0.2, 0.25) is 0 Å². The molecule has 1 heteroatoms. The van der Waals surface area contributed by atoms with Crippen molar-refractivity contribution < 1.29 is 0 Å². The number of hydrogen-bond donors (Lipinski definition) is 1. The molecule has 0 aromatic heterocycles. The normalized spacial score (nSPS) is 21.8. The summed E-state index contributed by atoms with van der Waals surface area (Å²) in [6.45, 7) is 6.79. The molecule has 0 amide bonds.